The number of methoxy groups -OCH3 is 1. The molecule has 3 aliphatic heterocycles. The van der Waals surface area contributed by atoms with E-state index in [1.165, 1.54) is 14.0 Å². The Labute approximate surface area is 413 Å². The molecule has 21 heteroatoms. The van der Waals surface area contributed by atoms with E-state index in [9.17, 15) is 38.7 Å². The number of nitrogens with zero attached hydrogens (tertiary/aromatic N) is 4. The summed E-state index contributed by atoms with van der Waals surface area (Å²) in [4.78, 5) is 26.5. The van der Waals surface area contributed by atoms with Gasteiger partial charge in [0.25, 0.3) is 0 Å². The molecule has 0 spiro atoms. The molecule has 6 N–H and O–H groups in total. The predicted molar refractivity (Wildman–Crippen MR) is 262 cm³/mol. The first kappa shape index (κ1) is 61.6. The third-order valence-electron chi connectivity index (χ3n) is 15.3. The molecule has 0 amide bonds. The topological polar surface area (TPSA) is 251 Å². The fraction of sp³-hybridized carbons (Fsp3) is 0.958. The van der Waals surface area contributed by atoms with Crippen LogP contribution in [0.2, 0.25) is 0 Å². The van der Waals surface area contributed by atoms with Crippen molar-refractivity contribution < 1.29 is 72.0 Å². The van der Waals surface area contributed by atoms with Crippen LogP contribution in [0.25, 0.3) is 0 Å². The van der Waals surface area contributed by atoms with Gasteiger partial charge in [-0.05, 0) is 95.0 Å². The van der Waals surface area contributed by atoms with E-state index < -0.39 is 111 Å². The molecule has 0 aromatic rings. The summed E-state index contributed by atoms with van der Waals surface area (Å²) >= 11 is 0. The molecular formula is C48H93N5O15S. The fourth-order valence-corrected chi connectivity index (χ4v) is 11.1. The van der Waals surface area contributed by atoms with Gasteiger partial charge in [0.2, 0.25) is 10.0 Å². The number of oxime groups is 1. The van der Waals surface area contributed by atoms with Crippen molar-refractivity contribution in [2.24, 2.45) is 28.8 Å². The molecule has 3 saturated heterocycles. The molecule has 0 unspecified atom stereocenters. The van der Waals surface area contributed by atoms with Gasteiger partial charge < -0.3 is 73.5 Å². The Balaban J connectivity index is 2.22. The molecule has 3 aliphatic rings. The average Bonchev–Trinajstić information content (AvgIpc) is 3.26. The van der Waals surface area contributed by atoms with E-state index in [4.69, 9.17) is 33.3 Å². The summed E-state index contributed by atoms with van der Waals surface area (Å²) < 4.78 is 64.8. The summed E-state index contributed by atoms with van der Waals surface area (Å²) in [6.45, 7) is 24.3. The van der Waals surface area contributed by atoms with E-state index in [-0.39, 0.29) is 56.8 Å². The summed E-state index contributed by atoms with van der Waals surface area (Å²) in [5, 5.41) is 65.8. The second-order valence-corrected chi connectivity index (χ2v) is 23.0. The van der Waals surface area contributed by atoms with Gasteiger partial charge in [0.15, 0.2) is 12.6 Å². The van der Waals surface area contributed by atoms with Crippen LogP contribution in [0.5, 0.6) is 0 Å². The van der Waals surface area contributed by atoms with Crippen molar-refractivity contribution in [3.63, 3.8) is 0 Å². The average molecular weight is 1010 g/mol. The molecule has 3 heterocycles. The van der Waals surface area contributed by atoms with Crippen LogP contribution in [0, 0.1) is 23.7 Å². The molecule has 0 aliphatic carbocycles. The van der Waals surface area contributed by atoms with E-state index >= 15 is 0 Å². The van der Waals surface area contributed by atoms with Gasteiger partial charge >= 0.3 is 5.97 Å². The van der Waals surface area contributed by atoms with Crippen LogP contribution in [-0.2, 0) is 48.1 Å². The number of esters is 1. The number of hydrogen-bond acceptors (Lipinski definition) is 19. The molecule has 3 fully saturated rings. The van der Waals surface area contributed by atoms with Crippen molar-refractivity contribution in [3.05, 3.63) is 0 Å². The molecule has 0 radical (unpaired) electrons. The van der Waals surface area contributed by atoms with Gasteiger partial charge in [-0.25, -0.2) is 13.1 Å². The standard InChI is InChI=1S/C48H93N5O15S/c1-18-36-47(12,58)41(55)31(6)38(50-63-24-21-49-69(17,60)61)29(4)26-45(10,57)42(68-44-39(54)35(51(13)14)25-30(5)64-44)32(7)40(33(8)43(56)66-36)67-37-27-46(11,62-16)48(59,34(9)65-37)28-52(15)22-23-53(19-2)20-3/h29-37,39-42,44,49,54-55,57-59H,18-28H2,1-17H3/b50-38+/t29-,30-,31+,32+,33-,34+,35+,36-,37+,39-,40+,41-,42-,44+,45+,46-,47-,48-/m1/s1. The zero-order chi connectivity index (χ0) is 52.6. The van der Waals surface area contributed by atoms with Gasteiger partial charge in [-0.3, -0.25) is 4.79 Å². The Morgan fingerprint density at radius 1 is 0.899 bits per heavy atom. The maximum Gasteiger partial charge on any atom is 0.311 e. The maximum atomic E-state index is 14.6. The van der Waals surface area contributed by atoms with Gasteiger partial charge in [0.1, 0.15) is 35.6 Å². The predicted octanol–water partition coefficient (Wildman–Crippen LogP) is 1.78. The minimum Gasteiger partial charge on any atom is -0.459 e. The van der Waals surface area contributed by atoms with Gasteiger partial charge in [0.05, 0.1) is 54.0 Å². The molecule has 20 nitrogen and oxygen atoms in total. The van der Waals surface area contributed by atoms with Crippen LogP contribution < -0.4 is 4.72 Å². The highest BCUT2D eigenvalue weighted by Gasteiger charge is 2.59. The Morgan fingerprint density at radius 3 is 2.07 bits per heavy atom. The van der Waals surface area contributed by atoms with Crippen LogP contribution in [-0.4, -0.2) is 224 Å². The minimum absolute atomic E-state index is 0.0283. The second-order valence-electron chi connectivity index (χ2n) is 21.2. The number of rotatable bonds is 19. The number of aliphatic hydroxyl groups excluding tert-OH is 2. The highest BCUT2D eigenvalue weighted by molar-refractivity contribution is 7.88. The molecule has 0 aromatic carbocycles. The largest absolute Gasteiger partial charge is 0.459 e. The minimum atomic E-state index is -3.53. The van der Waals surface area contributed by atoms with Crippen LogP contribution in [0.15, 0.2) is 5.16 Å². The Bertz CT molecular complexity index is 1740. The lowest BCUT2D eigenvalue weighted by Gasteiger charge is -2.54. The van der Waals surface area contributed by atoms with Crippen molar-refractivity contribution >= 4 is 21.7 Å². The van der Waals surface area contributed by atoms with Crippen LogP contribution in [0.3, 0.4) is 0 Å². The first-order valence-corrected chi connectivity index (χ1v) is 26.9. The lowest BCUT2D eigenvalue weighted by molar-refractivity contribution is -0.339. The Hall–Kier alpha value is -1.67. The zero-order valence-electron chi connectivity index (χ0n) is 44.9. The first-order chi connectivity index (χ1) is 31.8. The molecule has 0 aromatic heterocycles. The van der Waals surface area contributed by atoms with Crippen molar-refractivity contribution in [1.29, 1.82) is 0 Å². The van der Waals surface area contributed by atoms with Crippen LogP contribution >= 0.6 is 0 Å². The van der Waals surface area contributed by atoms with E-state index in [1.807, 2.05) is 39.9 Å². The number of sulfonamides is 1. The molecule has 3 rings (SSSR count). The third kappa shape index (κ3) is 15.4. The van der Waals surface area contributed by atoms with E-state index in [0.717, 1.165) is 25.9 Å². The second kappa shape index (κ2) is 25.5. The van der Waals surface area contributed by atoms with Crippen molar-refractivity contribution in [2.45, 2.75) is 193 Å². The van der Waals surface area contributed by atoms with Crippen molar-refractivity contribution in [1.82, 2.24) is 19.4 Å². The van der Waals surface area contributed by atoms with Gasteiger partial charge in [-0.2, -0.15) is 0 Å². The number of likely N-dealkylation sites (N-methyl/N-ethyl adjacent to an activating group) is 3. The van der Waals surface area contributed by atoms with E-state index in [0.29, 0.717) is 13.0 Å². The monoisotopic (exact) mass is 1010 g/mol. The Morgan fingerprint density at radius 2 is 1.52 bits per heavy atom. The van der Waals surface area contributed by atoms with Gasteiger partial charge in [-0.15, -0.1) is 0 Å². The first-order valence-electron chi connectivity index (χ1n) is 25.0. The SMILES string of the molecule is CC[C@H]1OC(=O)[C@H](C)[C@@H](O[C@H]2C[C@@](C)(OC)[C@@](O)(CN(C)CCN(CC)CC)[C@H](C)O2)[C@H](C)[C@@H](O[C@@H]2O[C@H](C)C[C@H](N(C)C)[C@H]2O)[C@@](C)(O)C[C@@H](C)/C(=N\OCCNS(C)(=O)=O)[C@H](C)[C@@H](O)[C@]1(C)O. The summed E-state index contributed by atoms with van der Waals surface area (Å²) in [5.41, 5.74) is -6.40. The quantitative estimate of drug-likeness (QED) is 0.0613. The number of carbonyl (C=O) groups is 1. The van der Waals surface area contributed by atoms with Crippen molar-refractivity contribution in [2.75, 3.05) is 80.4 Å². The lowest BCUT2D eigenvalue weighted by Crippen LogP contribution is -2.70. The number of carbonyl (C=O) groups excluding carboxylic acids is 1. The molecule has 406 valence electrons. The normalized spacial score (nSPS) is 41.9. The highest BCUT2D eigenvalue weighted by Crippen LogP contribution is 2.44. The van der Waals surface area contributed by atoms with Crippen LogP contribution in [0.1, 0.15) is 109 Å². The van der Waals surface area contributed by atoms with Gasteiger partial charge in [-0.1, -0.05) is 46.7 Å². The summed E-state index contributed by atoms with van der Waals surface area (Å²) in [6, 6.07) is -0.370. The maximum absolute atomic E-state index is 14.6. The summed E-state index contributed by atoms with van der Waals surface area (Å²) in [5.74, 6) is -4.48. The fourth-order valence-electron chi connectivity index (χ4n) is 10.7. The van der Waals surface area contributed by atoms with E-state index in [2.05, 4.69) is 33.5 Å². The number of aliphatic hydroxyl groups is 5. The van der Waals surface area contributed by atoms with Gasteiger partial charge in [0, 0.05) is 63.5 Å². The molecular weight excluding hydrogens is 919 g/mol. The molecule has 0 bridgehead atoms. The summed E-state index contributed by atoms with van der Waals surface area (Å²) in [6.07, 6.45) is -8.37. The number of hydrogen-bond donors (Lipinski definition) is 6. The molecule has 0 saturated carbocycles. The summed E-state index contributed by atoms with van der Waals surface area (Å²) in [7, 11) is 3.64. The third-order valence-corrected chi connectivity index (χ3v) is 16.0. The zero-order valence-corrected chi connectivity index (χ0v) is 45.7. The van der Waals surface area contributed by atoms with Crippen molar-refractivity contribution in [3.8, 4) is 0 Å². The number of cyclic esters (lactones) is 1. The number of ether oxygens (including phenoxy) is 6. The lowest BCUT2D eigenvalue weighted by atomic mass is 9.73. The smallest absolute Gasteiger partial charge is 0.311 e. The van der Waals surface area contributed by atoms with E-state index in [1.54, 1.807) is 48.5 Å². The van der Waals surface area contributed by atoms with Crippen LogP contribution in [0.4, 0.5) is 0 Å². The molecule has 18 atom stereocenters. The number of nitrogens with one attached hydrogen (secondary N) is 1. The Kier molecular flexibility index (Phi) is 22.8. The highest BCUT2D eigenvalue weighted by atomic mass is 32.2. The molecule has 69 heavy (non-hydrogen) atoms.